The summed E-state index contributed by atoms with van der Waals surface area (Å²) in [5, 5.41) is 8.97. The Bertz CT molecular complexity index is 2320. The van der Waals surface area contributed by atoms with Gasteiger partial charge in [0.05, 0.1) is 11.7 Å². The summed E-state index contributed by atoms with van der Waals surface area (Å²) in [4.78, 5) is 4.79. The van der Waals surface area contributed by atoms with Gasteiger partial charge in [-0.25, -0.2) is 0 Å². The molecule has 9 rings (SSSR count). The van der Waals surface area contributed by atoms with E-state index in [9.17, 15) is 0 Å². The van der Waals surface area contributed by atoms with Crippen molar-refractivity contribution in [3.05, 3.63) is 157 Å². The van der Waals surface area contributed by atoms with Crippen LogP contribution in [0.4, 0.5) is 5.69 Å². The number of nitrogens with zero attached hydrogens (tertiary/aromatic N) is 1. The van der Waals surface area contributed by atoms with Crippen LogP contribution in [0.15, 0.2) is 146 Å². The summed E-state index contributed by atoms with van der Waals surface area (Å²) in [6.07, 6.45) is 2.00. The van der Waals surface area contributed by atoms with Gasteiger partial charge in [-0.1, -0.05) is 109 Å². The number of pyridine rings is 1. The first kappa shape index (κ1) is 24.4. The van der Waals surface area contributed by atoms with Crippen molar-refractivity contribution in [1.82, 2.24) is 4.98 Å². The predicted octanol–water partition coefficient (Wildman–Crippen LogP) is 11.1. The van der Waals surface area contributed by atoms with E-state index >= 15 is 0 Å². The first-order chi connectivity index (χ1) is 21.3. The summed E-state index contributed by atoms with van der Waals surface area (Å²) in [7, 11) is 0. The van der Waals surface area contributed by atoms with Gasteiger partial charge in [-0.3, -0.25) is 4.98 Å². The van der Waals surface area contributed by atoms with Gasteiger partial charge in [0.15, 0.2) is 0 Å². The fourth-order valence-corrected chi connectivity index (χ4v) is 7.77. The zero-order valence-corrected chi connectivity index (χ0v) is 24.1. The van der Waals surface area contributed by atoms with E-state index in [1.165, 1.54) is 64.6 Å². The average molecular weight is 567 g/mol. The zero-order valence-electron chi connectivity index (χ0n) is 23.3. The maximum Gasteiger partial charge on any atom is 0.0773 e. The standard InChI is InChI=1S/C40H26N2S/c1-3-9-25(10-4-1)34-22-29-16-15-27(21-30(29)24-41-34)28-17-18-31-35(23-28)42-40(26-11-5-2-6-12-26)33-19-20-37-39(38(31)33)32-13-7-8-14-36(32)43-37/h1-24,40,42H. The Morgan fingerprint density at radius 3 is 2.23 bits per heavy atom. The molecule has 0 amide bonds. The van der Waals surface area contributed by atoms with Crippen LogP contribution in [-0.2, 0) is 0 Å². The number of benzene rings is 6. The molecule has 2 aromatic heterocycles. The van der Waals surface area contributed by atoms with E-state index in [1.54, 1.807) is 0 Å². The largest absolute Gasteiger partial charge is 0.374 e. The number of aromatic nitrogens is 1. The van der Waals surface area contributed by atoms with Crippen LogP contribution in [0.2, 0.25) is 0 Å². The summed E-state index contributed by atoms with van der Waals surface area (Å²) in [5.74, 6) is 0. The minimum atomic E-state index is 0.0687. The molecule has 0 radical (unpaired) electrons. The first-order valence-corrected chi connectivity index (χ1v) is 15.5. The molecule has 0 aliphatic carbocycles. The van der Waals surface area contributed by atoms with Crippen LogP contribution in [0.25, 0.3) is 64.5 Å². The van der Waals surface area contributed by atoms with Crippen molar-refractivity contribution in [2.75, 3.05) is 5.32 Å². The summed E-state index contributed by atoms with van der Waals surface area (Å²) in [6, 6.07) is 50.5. The molecule has 1 aliphatic heterocycles. The highest BCUT2D eigenvalue weighted by atomic mass is 32.1. The summed E-state index contributed by atoms with van der Waals surface area (Å²) in [6.45, 7) is 0. The second-order valence-corrected chi connectivity index (χ2v) is 12.3. The van der Waals surface area contributed by atoms with E-state index in [0.717, 1.165) is 16.6 Å². The number of thiophene rings is 1. The molecule has 1 atom stereocenters. The third-order valence-corrected chi connectivity index (χ3v) is 9.87. The van der Waals surface area contributed by atoms with Gasteiger partial charge in [-0.15, -0.1) is 11.3 Å². The van der Waals surface area contributed by atoms with Crippen molar-refractivity contribution in [3.8, 4) is 33.5 Å². The van der Waals surface area contributed by atoms with Crippen LogP contribution in [0.1, 0.15) is 17.2 Å². The van der Waals surface area contributed by atoms with Gasteiger partial charge in [0.25, 0.3) is 0 Å². The van der Waals surface area contributed by atoms with Crippen LogP contribution in [0.5, 0.6) is 0 Å². The number of hydrogen-bond donors (Lipinski definition) is 1. The Kier molecular flexibility index (Phi) is 5.47. The van der Waals surface area contributed by atoms with E-state index in [2.05, 4.69) is 139 Å². The van der Waals surface area contributed by atoms with Crippen molar-refractivity contribution in [3.63, 3.8) is 0 Å². The van der Waals surface area contributed by atoms with Gasteiger partial charge in [-0.2, -0.15) is 0 Å². The lowest BCUT2D eigenvalue weighted by Gasteiger charge is -2.31. The molecule has 0 bridgehead atoms. The van der Waals surface area contributed by atoms with Gasteiger partial charge in [-0.05, 0) is 63.5 Å². The average Bonchev–Trinajstić information content (AvgIpc) is 3.47. The van der Waals surface area contributed by atoms with Gasteiger partial charge >= 0.3 is 0 Å². The van der Waals surface area contributed by atoms with E-state index in [0.29, 0.717) is 0 Å². The van der Waals surface area contributed by atoms with Crippen LogP contribution in [-0.4, -0.2) is 4.98 Å². The minimum absolute atomic E-state index is 0.0687. The molecule has 0 saturated carbocycles. The molecule has 2 nitrogen and oxygen atoms in total. The number of anilines is 1. The Balaban J connectivity index is 1.20. The number of fused-ring (bicyclic) bond motifs is 8. The lowest BCUT2D eigenvalue weighted by Crippen LogP contribution is -2.18. The Morgan fingerprint density at radius 1 is 0.581 bits per heavy atom. The Hall–Kier alpha value is -5.25. The molecule has 43 heavy (non-hydrogen) atoms. The number of nitrogens with one attached hydrogen (secondary N) is 1. The fourth-order valence-electron chi connectivity index (χ4n) is 6.65. The molecule has 6 aromatic carbocycles. The lowest BCUT2D eigenvalue weighted by atomic mass is 9.83. The van der Waals surface area contributed by atoms with Crippen LogP contribution >= 0.6 is 11.3 Å². The summed E-state index contributed by atoms with van der Waals surface area (Å²) in [5.41, 5.74) is 10.9. The van der Waals surface area contributed by atoms with Gasteiger partial charge in [0, 0.05) is 48.6 Å². The highest BCUT2D eigenvalue weighted by Gasteiger charge is 2.28. The second kappa shape index (κ2) is 9.65. The molecule has 0 spiro atoms. The first-order valence-electron chi connectivity index (χ1n) is 14.7. The summed E-state index contributed by atoms with van der Waals surface area (Å²) < 4.78 is 2.67. The van der Waals surface area contributed by atoms with Gasteiger partial charge < -0.3 is 5.32 Å². The van der Waals surface area contributed by atoms with Crippen molar-refractivity contribution in [2.24, 2.45) is 0 Å². The van der Waals surface area contributed by atoms with E-state index in [-0.39, 0.29) is 6.04 Å². The molecule has 202 valence electrons. The van der Waals surface area contributed by atoms with Crippen molar-refractivity contribution < 1.29 is 0 Å². The molecule has 0 fully saturated rings. The molecule has 1 unspecified atom stereocenters. The van der Waals surface area contributed by atoms with Crippen LogP contribution < -0.4 is 5.32 Å². The fraction of sp³-hybridized carbons (Fsp3) is 0.0250. The predicted molar refractivity (Wildman–Crippen MR) is 183 cm³/mol. The molecule has 0 saturated heterocycles. The SMILES string of the molecule is c1ccc(-c2cc3ccc(-c4ccc5c(c4)NC(c4ccccc4)c4ccc6sc7ccccc7c6c4-5)cc3cn2)cc1. The topological polar surface area (TPSA) is 24.9 Å². The zero-order chi connectivity index (χ0) is 28.3. The van der Waals surface area contributed by atoms with E-state index < -0.39 is 0 Å². The van der Waals surface area contributed by atoms with E-state index in [1.807, 2.05) is 23.6 Å². The van der Waals surface area contributed by atoms with Crippen molar-refractivity contribution in [1.29, 1.82) is 0 Å². The molecule has 3 heteroatoms. The molecule has 1 aliphatic rings. The maximum atomic E-state index is 4.79. The maximum absolute atomic E-state index is 4.79. The lowest BCUT2D eigenvalue weighted by molar-refractivity contribution is 0.933. The van der Waals surface area contributed by atoms with Crippen molar-refractivity contribution >= 4 is 48.0 Å². The quantitative estimate of drug-likeness (QED) is 0.230. The van der Waals surface area contributed by atoms with Crippen LogP contribution in [0.3, 0.4) is 0 Å². The Morgan fingerprint density at radius 2 is 1.35 bits per heavy atom. The molecule has 3 heterocycles. The molecular formula is C40H26N2S. The minimum Gasteiger partial charge on any atom is -0.374 e. The van der Waals surface area contributed by atoms with Crippen molar-refractivity contribution in [2.45, 2.75) is 6.04 Å². The monoisotopic (exact) mass is 566 g/mol. The smallest absolute Gasteiger partial charge is 0.0773 e. The number of rotatable bonds is 3. The number of hydrogen-bond acceptors (Lipinski definition) is 3. The highest BCUT2D eigenvalue weighted by molar-refractivity contribution is 7.26. The third kappa shape index (κ3) is 3.97. The third-order valence-electron chi connectivity index (χ3n) is 8.73. The second-order valence-electron chi connectivity index (χ2n) is 11.2. The molecule has 8 aromatic rings. The van der Waals surface area contributed by atoms with Crippen LogP contribution in [0, 0.1) is 0 Å². The Labute approximate surface area is 253 Å². The molecular weight excluding hydrogens is 541 g/mol. The highest BCUT2D eigenvalue weighted by Crippen LogP contribution is 2.50. The van der Waals surface area contributed by atoms with Gasteiger partial charge in [0.1, 0.15) is 0 Å². The normalized spacial score (nSPS) is 14.0. The molecule has 1 N–H and O–H groups in total. The summed E-state index contributed by atoms with van der Waals surface area (Å²) >= 11 is 1.88. The van der Waals surface area contributed by atoms with E-state index in [4.69, 9.17) is 4.98 Å². The van der Waals surface area contributed by atoms with Gasteiger partial charge in [0.2, 0.25) is 0 Å².